The smallest absolute Gasteiger partial charge is 0.226 e. The molecule has 0 aromatic heterocycles. The van der Waals surface area contributed by atoms with Crippen molar-refractivity contribution < 1.29 is 4.79 Å². The Balaban J connectivity index is 2.32. The molecule has 4 nitrogen and oxygen atoms in total. The van der Waals surface area contributed by atoms with Gasteiger partial charge >= 0.3 is 0 Å². The van der Waals surface area contributed by atoms with Gasteiger partial charge < -0.3 is 16.0 Å². The quantitative estimate of drug-likeness (QED) is 0.874. The van der Waals surface area contributed by atoms with Gasteiger partial charge in [-0.15, -0.1) is 0 Å². The molecule has 2 rings (SSSR count). The second-order valence-electron chi connectivity index (χ2n) is 5.36. The Hall–Kier alpha value is -1.55. The fourth-order valence-corrected chi connectivity index (χ4v) is 2.37. The zero-order valence-corrected chi connectivity index (χ0v) is 11.8. The molecule has 0 atom stereocenters. The highest BCUT2D eigenvalue weighted by atomic mass is 16.1. The Morgan fingerprint density at radius 1 is 1.42 bits per heavy atom. The van der Waals surface area contributed by atoms with Gasteiger partial charge in [0.25, 0.3) is 0 Å². The first-order valence-corrected chi connectivity index (χ1v) is 7.00. The molecule has 0 saturated carbocycles. The van der Waals surface area contributed by atoms with Crippen LogP contribution < -0.4 is 16.0 Å². The van der Waals surface area contributed by atoms with Crippen molar-refractivity contribution in [2.45, 2.75) is 32.6 Å². The Morgan fingerprint density at radius 3 is 2.89 bits per heavy atom. The van der Waals surface area contributed by atoms with Crippen molar-refractivity contribution in [3.8, 4) is 0 Å². The van der Waals surface area contributed by atoms with E-state index in [1.165, 1.54) is 5.56 Å². The molecule has 1 aromatic carbocycles. The second-order valence-corrected chi connectivity index (χ2v) is 5.36. The summed E-state index contributed by atoms with van der Waals surface area (Å²) in [5.74, 6) is 0.556. The van der Waals surface area contributed by atoms with Gasteiger partial charge in [0.05, 0.1) is 11.4 Å². The van der Waals surface area contributed by atoms with Gasteiger partial charge in [-0.05, 0) is 36.6 Å². The molecule has 1 aliphatic rings. The van der Waals surface area contributed by atoms with Crippen molar-refractivity contribution >= 4 is 17.3 Å². The lowest BCUT2D eigenvalue weighted by Crippen LogP contribution is -2.27. The number of anilines is 2. The minimum Gasteiger partial charge on any atom is -0.369 e. The predicted molar refractivity (Wildman–Crippen MR) is 79.7 cm³/mol. The number of rotatable bonds is 4. The van der Waals surface area contributed by atoms with Gasteiger partial charge in [0, 0.05) is 19.5 Å². The van der Waals surface area contributed by atoms with Gasteiger partial charge in [0.1, 0.15) is 0 Å². The lowest BCUT2D eigenvalue weighted by molar-refractivity contribution is -0.115. The van der Waals surface area contributed by atoms with Gasteiger partial charge in [-0.3, -0.25) is 4.79 Å². The minimum absolute atomic E-state index is 0.0948. The van der Waals surface area contributed by atoms with Gasteiger partial charge in [-0.1, -0.05) is 19.9 Å². The van der Waals surface area contributed by atoms with Crippen LogP contribution in [0.5, 0.6) is 0 Å². The topological polar surface area (TPSA) is 58.4 Å². The van der Waals surface area contributed by atoms with Crippen molar-refractivity contribution in [2.75, 3.05) is 29.9 Å². The number of carbonyl (C=O) groups excluding carboxylic acids is 1. The highest BCUT2D eigenvalue weighted by Crippen LogP contribution is 2.32. The number of amides is 1. The van der Waals surface area contributed by atoms with Crippen LogP contribution in [-0.4, -0.2) is 25.5 Å². The van der Waals surface area contributed by atoms with E-state index in [1.54, 1.807) is 0 Å². The van der Waals surface area contributed by atoms with Crippen LogP contribution >= 0.6 is 0 Å². The number of nitrogens with zero attached hydrogens (tertiary/aromatic N) is 1. The van der Waals surface area contributed by atoms with Gasteiger partial charge in [-0.2, -0.15) is 0 Å². The summed E-state index contributed by atoms with van der Waals surface area (Å²) in [5, 5.41) is 3.01. The van der Waals surface area contributed by atoms with Crippen molar-refractivity contribution in [1.82, 2.24) is 0 Å². The normalized spacial score (nSPS) is 15.2. The maximum atomic E-state index is 11.8. The summed E-state index contributed by atoms with van der Waals surface area (Å²) < 4.78 is 0. The Bertz CT molecular complexity index is 457. The van der Waals surface area contributed by atoms with Gasteiger partial charge in [-0.25, -0.2) is 0 Å². The van der Waals surface area contributed by atoms with E-state index in [1.807, 2.05) is 0 Å². The van der Waals surface area contributed by atoms with E-state index in [4.69, 9.17) is 5.73 Å². The Labute approximate surface area is 115 Å². The monoisotopic (exact) mass is 261 g/mol. The Morgan fingerprint density at radius 2 is 2.21 bits per heavy atom. The standard InChI is InChI=1S/C15H23N3O/c1-11(2)12-4-5-14-13(10-12)17-15(19)6-9-18(14)8-3-7-16/h4-5,10-11H,3,6-9,16H2,1-2H3,(H,17,19). The highest BCUT2D eigenvalue weighted by molar-refractivity contribution is 5.96. The van der Waals surface area contributed by atoms with Crippen molar-refractivity contribution in [1.29, 1.82) is 0 Å². The summed E-state index contributed by atoms with van der Waals surface area (Å²) in [4.78, 5) is 14.0. The summed E-state index contributed by atoms with van der Waals surface area (Å²) in [6.45, 7) is 6.66. The number of nitrogens with one attached hydrogen (secondary N) is 1. The predicted octanol–water partition coefficient (Wildman–Crippen LogP) is 2.31. The molecule has 19 heavy (non-hydrogen) atoms. The van der Waals surface area contributed by atoms with Crippen molar-refractivity contribution in [3.05, 3.63) is 23.8 Å². The molecule has 0 aliphatic carbocycles. The van der Waals surface area contributed by atoms with E-state index < -0.39 is 0 Å². The number of hydrogen-bond donors (Lipinski definition) is 2. The lowest BCUT2D eigenvalue weighted by Gasteiger charge is -2.24. The van der Waals surface area contributed by atoms with Crippen molar-refractivity contribution in [2.24, 2.45) is 5.73 Å². The summed E-state index contributed by atoms with van der Waals surface area (Å²) in [6.07, 6.45) is 1.48. The van der Waals surface area contributed by atoms with Gasteiger partial charge in [0.2, 0.25) is 5.91 Å². The van der Waals surface area contributed by atoms with Crippen LogP contribution in [0.1, 0.15) is 38.2 Å². The first kappa shape index (κ1) is 13.9. The zero-order chi connectivity index (χ0) is 13.8. The van der Waals surface area contributed by atoms with Crippen LogP contribution in [0.4, 0.5) is 11.4 Å². The molecule has 0 radical (unpaired) electrons. The summed E-state index contributed by atoms with van der Waals surface area (Å²) in [5.41, 5.74) is 8.89. The first-order chi connectivity index (χ1) is 9.11. The van der Waals surface area contributed by atoms with E-state index in [-0.39, 0.29) is 5.91 Å². The molecule has 1 aliphatic heterocycles. The number of nitrogens with two attached hydrogens (primary N) is 1. The fraction of sp³-hybridized carbons (Fsp3) is 0.533. The van der Waals surface area contributed by atoms with Crippen LogP contribution in [-0.2, 0) is 4.79 Å². The SMILES string of the molecule is CC(C)c1ccc2c(c1)NC(=O)CCN2CCCN. The number of hydrogen-bond acceptors (Lipinski definition) is 3. The van der Waals surface area contributed by atoms with Crippen LogP contribution in [0, 0.1) is 0 Å². The van der Waals surface area contributed by atoms with Crippen LogP contribution in [0.3, 0.4) is 0 Å². The fourth-order valence-electron chi connectivity index (χ4n) is 2.37. The molecule has 0 bridgehead atoms. The van der Waals surface area contributed by atoms with Crippen LogP contribution in [0.2, 0.25) is 0 Å². The molecule has 1 amide bonds. The molecule has 0 saturated heterocycles. The molecule has 1 heterocycles. The molecule has 4 heteroatoms. The number of carbonyl (C=O) groups is 1. The van der Waals surface area contributed by atoms with E-state index in [0.717, 1.165) is 30.9 Å². The molecule has 3 N–H and O–H groups in total. The minimum atomic E-state index is 0.0948. The maximum Gasteiger partial charge on any atom is 0.226 e. The largest absolute Gasteiger partial charge is 0.369 e. The Kier molecular flexibility index (Phi) is 4.43. The lowest BCUT2D eigenvalue weighted by atomic mass is 10.0. The van der Waals surface area contributed by atoms with Gasteiger partial charge in [0.15, 0.2) is 0 Å². The van der Waals surface area contributed by atoms with Crippen LogP contribution in [0.25, 0.3) is 0 Å². The average molecular weight is 261 g/mol. The average Bonchev–Trinajstić information content (AvgIpc) is 2.54. The summed E-state index contributed by atoms with van der Waals surface area (Å²) in [6, 6.07) is 6.36. The molecule has 0 fully saturated rings. The maximum absolute atomic E-state index is 11.8. The van der Waals surface area contributed by atoms with Crippen LogP contribution in [0.15, 0.2) is 18.2 Å². The number of benzene rings is 1. The molecular weight excluding hydrogens is 238 g/mol. The van der Waals surface area contributed by atoms with E-state index in [9.17, 15) is 4.79 Å². The van der Waals surface area contributed by atoms with E-state index >= 15 is 0 Å². The first-order valence-electron chi connectivity index (χ1n) is 7.00. The third-order valence-electron chi connectivity index (χ3n) is 3.54. The highest BCUT2D eigenvalue weighted by Gasteiger charge is 2.19. The third kappa shape index (κ3) is 3.26. The molecule has 104 valence electrons. The molecule has 0 spiro atoms. The molecular formula is C15H23N3O. The van der Waals surface area contributed by atoms with Crippen molar-refractivity contribution in [3.63, 3.8) is 0 Å². The third-order valence-corrected chi connectivity index (χ3v) is 3.54. The van der Waals surface area contributed by atoms with E-state index in [2.05, 4.69) is 42.3 Å². The van der Waals surface area contributed by atoms with E-state index in [0.29, 0.717) is 18.9 Å². The summed E-state index contributed by atoms with van der Waals surface area (Å²) >= 11 is 0. The molecule has 1 aromatic rings. The number of fused-ring (bicyclic) bond motifs is 1. The summed E-state index contributed by atoms with van der Waals surface area (Å²) in [7, 11) is 0. The zero-order valence-electron chi connectivity index (χ0n) is 11.8. The second kappa shape index (κ2) is 6.06. The molecule has 0 unspecified atom stereocenters.